The van der Waals surface area contributed by atoms with E-state index in [0.717, 1.165) is 49.7 Å². The summed E-state index contributed by atoms with van der Waals surface area (Å²) in [6, 6.07) is 13.3. The third-order valence-electron chi connectivity index (χ3n) is 5.06. The number of halogens is 2. The Balaban J connectivity index is 0.00000341. The number of aliphatic imine (C=N–C) groups is 1. The van der Waals surface area contributed by atoms with Crippen LogP contribution in [-0.2, 0) is 17.8 Å². The van der Waals surface area contributed by atoms with Crippen molar-refractivity contribution in [3.63, 3.8) is 0 Å². The lowest BCUT2D eigenvalue weighted by atomic mass is 10.1. The molecular formula is C23H32FIN4O2. The summed E-state index contributed by atoms with van der Waals surface area (Å²) in [5, 5.41) is 6.50. The predicted octanol–water partition coefficient (Wildman–Crippen LogP) is 3.33. The number of nitrogens with one attached hydrogen (secondary N) is 2. The summed E-state index contributed by atoms with van der Waals surface area (Å²) >= 11 is 0. The van der Waals surface area contributed by atoms with Crippen LogP contribution in [0.25, 0.3) is 0 Å². The van der Waals surface area contributed by atoms with Gasteiger partial charge in [-0.2, -0.15) is 0 Å². The zero-order valence-electron chi connectivity index (χ0n) is 18.2. The van der Waals surface area contributed by atoms with Crippen LogP contribution in [0, 0.1) is 12.7 Å². The molecule has 1 heterocycles. The third kappa shape index (κ3) is 8.62. The van der Waals surface area contributed by atoms with E-state index in [1.807, 2.05) is 30.3 Å². The van der Waals surface area contributed by atoms with Gasteiger partial charge >= 0.3 is 0 Å². The third-order valence-corrected chi connectivity index (χ3v) is 5.06. The average molecular weight is 542 g/mol. The van der Waals surface area contributed by atoms with Crippen LogP contribution in [0.4, 0.5) is 4.39 Å². The quantitative estimate of drug-likeness (QED) is 0.305. The fourth-order valence-electron chi connectivity index (χ4n) is 3.20. The molecule has 0 atom stereocenters. The first-order chi connectivity index (χ1) is 14.6. The minimum Gasteiger partial charge on any atom is -0.492 e. The molecule has 0 bridgehead atoms. The van der Waals surface area contributed by atoms with E-state index < -0.39 is 0 Å². The highest BCUT2D eigenvalue weighted by atomic mass is 127. The molecule has 0 aliphatic carbocycles. The Morgan fingerprint density at radius 1 is 1.10 bits per heavy atom. The SMILES string of the molecule is CN=C(NCc1cccc(OCCN2CCOCC2)c1)NCc1ccc(C)c(F)c1.I. The number of nitrogens with zero attached hydrogens (tertiary/aromatic N) is 2. The molecule has 8 heteroatoms. The number of guanidine groups is 1. The van der Waals surface area contributed by atoms with Crippen LogP contribution in [0.3, 0.4) is 0 Å². The maximum atomic E-state index is 13.7. The number of hydrogen-bond acceptors (Lipinski definition) is 4. The van der Waals surface area contributed by atoms with Crippen molar-refractivity contribution in [2.75, 3.05) is 46.5 Å². The molecule has 0 spiro atoms. The first-order valence-electron chi connectivity index (χ1n) is 10.4. The molecule has 0 saturated carbocycles. The second-order valence-corrected chi connectivity index (χ2v) is 7.31. The zero-order valence-corrected chi connectivity index (χ0v) is 20.5. The summed E-state index contributed by atoms with van der Waals surface area (Å²) in [4.78, 5) is 6.59. The zero-order chi connectivity index (χ0) is 21.2. The molecule has 1 fully saturated rings. The van der Waals surface area contributed by atoms with E-state index in [2.05, 4.69) is 20.5 Å². The fraction of sp³-hybridized carbons (Fsp3) is 0.435. The van der Waals surface area contributed by atoms with Gasteiger partial charge in [0, 0.05) is 39.8 Å². The Kier molecular flexibility index (Phi) is 11.0. The molecule has 2 N–H and O–H groups in total. The first kappa shape index (κ1) is 25.4. The predicted molar refractivity (Wildman–Crippen MR) is 133 cm³/mol. The van der Waals surface area contributed by atoms with Crippen molar-refractivity contribution in [1.82, 2.24) is 15.5 Å². The normalized spacial score (nSPS) is 14.6. The van der Waals surface area contributed by atoms with Crippen molar-refractivity contribution in [3.8, 4) is 5.75 Å². The van der Waals surface area contributed by atoms with Crippen molar-refractivity contribution >= 4 is 29.9 Å². The Bertz CT molecular complexity index is 844. The van der Waals surface area contributed by atoms with Crippen molar-refractivity contribution < 1.29 is 13.9 Å². The van der Waals surface area contributed by atoms with E-state index in [4.69, 9.17) is 9.47 Å². The van der Waals surface area contributed by atoms with Gasteiger partial charge in [0.1, 0.15) is 18.2 Å². The number of benzene rings is 2. The summed E-state index contributed by atoms with van der Waals surface area (Å²) in [5.41, 5.74) is 2.62. The number of morpholine rings is 1. The van der Waals surface area contributed by atoms with E-state index in [1.165, 1.54) is 0 Å². The summed E-state index contributed by atoms with van der Waals surface area (Å²) in [6.07, 6.45) is 0. The van der Waals surface area contributed by atoms with Gasteiger partial charge in [-0.1, -0.05) is 24.3 Å². The lowest BCUT2D eigenvalue weighted by Crippen LogP contribution is -2.38. The molecule has 1 saturated heterocycles. The van der Waals surface area contributed by atoms with Crippen LogP contribution in [0.1, 0.15) is 16.7 Å². The molecule has 0 aromatic heterocycles. The Hall–Kier alpha value is -1.91. The molecule has 1 aliphatic rings. The van der Waals surface area contributed by atoms with E-state index in [-0.39, 0.29) is 29.8 Å². The summed E-state index contributed by atoms with van der Waals surface area (Å²) in [5.74, 6) is 1.33. The van der Waals surface area contributed by atoms with Gasteiger partial charge in [-0.05, 0) is 41.8 Å². The lowest BCUT2D eigenvalue weighted by molar-refractivity contribution is 0.0322. The average Bonchev–Trinajstić information content (AvgIpc) is 2.77. The fourth-order valence-corrected chi connectivity index (χ4v) is 3.20. The maximum Gasteiger partial charge on any atom is 0.191 e. The van der Waals surface area contributed by atoms with Gasteiger partial charge in [0.2, 0.25) is 0 Å². The monoisotopic (exact) mass is 542 g/mol. The Labute approximate surface area is 201 Å². The van der Waals surface area contributed by atoms with Gasteiger partial charge in [-0.25, -0.2) is 4.39 Å². The van der Waals surface area contributed by atoms with E-state index in [1.54, 1.807) is 26.1 Å². The highest BCUT2D eigenvalue weighted by Gasteiger charge is 2.10. The van der Waals surface area contributed by atoms with Gasteiger partial charge in [0.05, 0.1) is 13.2 Å². The first-order valence-corrected chi connectivity index (χ1v) is 10.4. The van der Waals surface area contributed by atoms with Crippen molar-refractivity contribution in [2.24, 2.45) is 4.99 Å². The molecule has 2 aromatic rings. The summed E-state index contributed by atoms with van der Waals surface area (Å²) in [6.45, 7) is 7.97. The number of aryl methyl sites for hydroxylation is 1. The molecule has 0 radical (unpaired) electrons. The minimum absolute atomic E-state index is 0. The van der Waals surface area contributed by atoms with Crippen LogP contribution in [0.5, 0.6) is 5.75 Å². The maximum absolute atomic E-state index is 13.7. The Morgan fingerprint density at radius 2 is 1.81 bits per heavy atom. The standard InChI is InChI=1S/C23H31FN4O2.HI/c1-18-6-7-20(15-22(18)24)17-27-23(25-2)26-16-19-4-3-5-21(14-19)30-13-10-28-8-11-29-12-9-28;/h3-7,14-15H,8-13,16-17H2,1-2H3,(H2,25,26,27);1H. The van der Waals surface area contributed by atoms with Crippen molar-refractivity contribution in [1.29, 1.82) is 0 Å². The van der Waals surface area contributed by atoms with Crippen molar-refractivity contribution in [3.05, 3.63) is 65.0 Å². The van der Waals surface area contributed by atoms with Crippen LogP contribution in [0.15, 0.2) is 47.5 Å². The minimum atomic E-state index is -0.192. The van der Waals surface area contributed by atoms with Crippen molar-refractivity contribution in [2.45, 2.75) is 20.0 Å². The summed E-state index contributed by atoms with van der Waals surface area (Å²) < 4.78 is 25.0. The molecule has 0 unspecified atom stereocenters. The lowest BCUT2D eigenvalue weighted by Gasteiger charge is -2.26. The highest BCUT2D eigenvalue weighted by Crippen LogP contribution is 2.13. The topological polar surface area (TPSA) is 58.1 Å². The Morgan fingerprint density at radius 3 is 2.48 bits per heavy atom. The molecule has 6 nitrogen and oxygen atoms in total. The number of hydrogen-bond donors (Lipinski definition) is 2. The molecule has 2 aromatic carbocycles. The van der Waals surface area contributed by atoms with Crippen LogP contribution in [0.2, 0.25) is 0 Å². The van der Waals surface area contributed by atoms with Gasteiger partial charge < -0.3 is 20.1 Å². The smallest absolute Gasteiger partial charge is 0.191 e. The second-order valence-electron chi connectivity index (χ2n) is 7.31. The second kappa shape index (κ2) is 13.5. The molecule has 170 valence electrons. The largest absolute Gasteiger partial charge is 0.492 e. The van der Waals surface area contributed by atoms with E-state index in [9.17, 15) is 4.39 Å². The van der Waals surface area contributed by atoms with Crippen LogP contribution < -0.4 is 15.4 Å². The van der Waals surface area contributed by atoms with Crippen LogP contribution in [-0.4, -0.2) is 57.4 Å². The molecule has 3 rings (SSSR count). The van der Waals surface area contributed by atoms with E-state index in [0.29, 0.717) is 31.2 Å². The number of rotatable bonds is 8. The molecule has 31 heavy (non-hydrogen) atoms. The van der Waals surface area contributed by atoms with E-state index >= 15 is 0 Å². The van der Waals surface area contributed by atoms with Gasteiger partial charge in [-0.3, -0.25) is 9.89 Å². The molecule has 0 amide bonds. The molecule has 1 aliphatic heterocycles. The summed E-state index contributed by atoms with van der Waals surface area (Å²) in [7, 11) is 1.72. The van der Waals surface area contributed by atoms with Gasteiger partial charge in [-0.15, -0.1) is 24.0 Å². The molecular weight excluding hydrogens is 510 g/mol. The highest BCUT2D eigenvalue weighted by molar-refractivity contribution is 14.0. The van der Waals surface area contributed by atoms with Gasteiger partial charge in [0.25, 0.3) is 0 Å². The van der Waals surface area contributed by atoms with Gasteiger partial charge in [0.15, 0.2) is 5.96 Å². The number of ether oxygens (including phenoxy) is 2. The van der Waals surface area contributed by atoms with Crippen LogP contribution >= 0.6 is 24.0 Å².